The molecular weight excluding hydrogens is 256 g/mol. The molecule has 0 saturated carbocycles. The Labute approximate surface area is 121 Å². The Kier molecular flexibility index (Phi) is 9.15. The fourth-order valence-corrected chi connectivity index (χ4v) is 1.80. The largest absolute Gasteiger partial charge is 0.382 e. The summed E-state index contributed by atoms with van der Waals surface area (Å²) in [6, 6.07) is 5.76. The number of hydrogen-bond acceptors (Lipinski definition) is 5. The summed E-state index contributed by atoms with van der Waals surface area (Å²) in [5.41, 5.74) is 7.01. The van der Waals surface area contributed by atoms with Gasteiger partial charge in [0.2, 0.25) is 0 Å². The average Bonchev–Trinajstić information content (AvgIpc) is 2.50. The molecule has 0 fully saturated rings. The van der Waals surface area contributed by atoms with Gasteiger partial charge in [0, 0.05) is 32.6 Å². The van der Waals surface area contributed by atoms with Crippen LogP contribution in [0.2, 0.25) is 0 Å². The van der Waals surface area contributed by atoms with Gasteiger partial charge < -0.3 is 19.9 Å². The zero-order valence-corrected chi connectivity index (χ0v) is 12.5. The van der Waals surface area contributed by atoms with Crippen molar-refractivity contribution in [1.29, 1.82) is 0 Å². The van der Waals surface area contributed by atoms with Crippen molar-refractivity contribution in [2.24, 2.45) is 5.73 Å². The third kappa shape index (κ3) is 6.43. The molecule has 0 spiro atoms. The van der Waals surface area contributed by atoms with E-state index in [1.165, 1.54) is 0 Å². The number of hydrogen-bond donors (Lipinski definition) is 1. The smallest absolute Gasteiger partial charge is 0.114 e. The molecule has 0 aliphatic carbocycles. The number of aromatic nitrogens is 1. The second kappa shape index (κ2) is 10.7. The van der Waals surface area contributed by atoms with Crippen LogP contribution in [0.1, 0.15) is 31.6 Å². The fourth-order valence-electron chi connectivity index (χ4n) is 1.80. The molecule has 20 heavy (non-hydrogen) atoms. The molecule has 2 atom stereocenters. The first-order valence-electron chi connectivity index (χ1n) is 7.14. The van der Waals surface area contributed by atoms with E-state index in [1.54, 1.807) is 13.3 Å². The monoisotopic (exact) mass is 282 g/mol. The summed E-state index contributed by atoms with van der Waals surface area (Å²) in [5, 5.41) is 0. The van der Waals surface area contributed by atoms with Gasteiger partial charge in [0.1, 0.15) is 6.10 Å². The molecule has 0 saturated heterocycles. The molecule has 1 aromatic rings. The molecule has 0 aromatic carbocycles. The van der Waals surface area contributed by atoms with Gasteiger partial charge in [-0.2, -0.15) is 0 Å². The molecule has 5 heteroatoms. The normalized spacial score (nSPS) is 14.2. The third-order valence-electron chi connectivity index (χ3n) is 3.00. The minimum absolute atomic E-state index is 0.0423. The van der Waals surface area contributed by atoms with Crippen LogP contribution in [0.15, 0.2) is 24.4 Å². The van der Waals surface area contributed by atoms with Crippen LogP contribution >= 0.6 is 0 Å². The molecule has 114 valence electrons. The highest BCUT2D eigenvalue weighted by Gasteiger charge is 2.19. The number of nitrogens with zero attached hydrogens (tertiary/aromatic N) is 1. The summed E-state index contributed by atoms with van der Waals surface area (Å²) in [5.74, 6) is 0. The third-order valence-corrected chi connectivity index (χ3v) is 3.00. The van der Waals surface area contributed by atoms with Crippen LogP contribution in [0.4, 0.5) is 0 Å². The molecule has 2 N–H and O–H groups in total. The van der Waals surface area contributed by atoms with Gasteiger partial charge in [-0.15, -0.1) is 0 Å². The first-order valence-corrected chi connectivity index (χ1v) is 7.14. The van der Waals surface area contributed by atoms with Gasteiger partial charge in [-0.05, 0) is 25.0 Å². The summed E-state index contributed by atoms with van der Waals surface area (Å²) < 4.78 is 16.2. The van der Waals surface area contributed by atoms with E-state index < -0.39 is 0 Å². The average molecular weight is 282 g/mol. The van der Waals surface area contributed by atoms with Gasteiger partial charge in [0.25, 0.3) is 0 Å². The van der Waals surface area contributed by atoms with Crippen LogP contribution in [0.25, 0.3) is 0 Å². The summed E-state index contributed by atoms with van der Waals surface area (Å²) in [6.07, 6.45) is 3.30. The van der Waals surface area contributed by atoms with E-state index >= 15 is 0 Å². The maximum Gasteiger partial charge on any atom is 0.114 e. The highest BCUT2D eigenvalue weighted by molar-refractivity contribution is 5.09. The maximum atomic E-state index is 6.12. The van der Waals surface area contributed by atoms with E-state index in [1.807, 2.05) is 18.2 Å². The second-order valence-electron chi connectivity index (χ2n) is 4.58. The van der Waals surface area contributed by atoms with Crippen molar-refractivity contribution in [3.05, 3.63) is 30.1 Å². The molecule has 0 amide bonds. The number of rotatable bonds is 11. The fraction of sp³-hybridized carbons (Fsp3) is 0.667. The lowest BCUT2D eigenvalue weighted by molar-refractivity contribution is 0.00935. The molecular formula is C15H26N2O3. The Morgan fingerprint density at radius 2 is 2.05 bits per heavy atom. The van der Waals surface area contributed by atoms with E-state index in [0.717, 1.165) is 18.5 Å². The van der Waals surface area contributed by atoms with Crippen molar-refractivity contribution in [2.45, 2.75) is 31.9 Å². The van der Waals surface area contributed by atoms with Crippen LogP contribution in [0.5, 0.6) is 0 Å². The highest BCUT2D eigenvalue weighted by Crippen LogP contribution is 2.20. The van der Waals surface area contributed by atoms with Gasteiger partial charge in [-0.3, -0.25) is 4.98 Å². The SMILES string of the molecule is CCC(N)C(OCCCOCCOC)c1ccccn1. The molecule has 2 unspecified atom stereocenters. The zero-order chi connectivity index (χ0) is 14.6. The number of methoxy groups -OCH3 is 1. The van der Waals surface area contributed by atoms with Crippen molar-refractivity contribution < 1.29 is 14.2 Å². The summed E-state index contributed by atoms with van der Waals surface area (Å²) in [4.78, 5) is 4.33. The van der Waals surface area contributed by atoms with Crippen LogP contribution in [-0.2, 0) is 14.2 Å². The van der Waals surface area contributed by atoms with Gasteiger partial charge in [0.15, 0.2) is 0 Å². The molecule has 0 radical (unpaired) electrons. The summed E-state index contributed by atoms with van der Waals surface area (Å²) in [6.45, 7) is 4.58. The van der Waals surface area contributed by atoms with Gasteiger partial charge in [0.05, 0.1) is 18.9 Å². The minimum Gasteiger partial charge on any atom is -0.382 e. The van der Waals surface area contributed by atoms with Crippen molar-refractivity contribution >= 4 is 0 Å². The lowest BCUT2D eigenvalue weighted by Gasteiger charge is -2.22. The predicted octanol–water partition coefficient (Wildman–Crippen LogP) is 1.93. The Morgan fingerprint density at radius 1 is 1.20 bits per heavy atom. The molecule has 0 aliphatic rings. The van der Waals surface area contributed by atoms with Crippen LogP contribution in [0, 0.1) is 0 Å². The first-order chi connectivity index (χ1) is 9.79. The molecule has 0 bridgehead atoms. The standard InChI is InChI=1S/C15H26N2O3/c1-3-13(16)15(14-7-4-5-8-17-14)20-10-6-9-19-12-11-18-2/h4-5,7-8,13,15H,3,6,9-12,16H2,1-2H3. The zero-order valence-electron chi connectivity index (χ0n) is 12.5. The van der Waals surface area contributed by atoms with Crippen LogP contribution in [0.3, 0.4) is 0 Å². The lowest BCUT2D eigenvalue weighted by atomic mass is 10.1. The molecule has 0 aliphatic heterocycles. The quantitative estimate of drug-likeness (QED) is 0.628. The number of nitrogens with two attached hydrogens (primary N) is 1. The van der Waals surface area contributed by atoms with E-state index in [2.05, 4.69) is 11.9 Å². The summed E-state index contributed by atoms with van der Waals surface area (Å²) >= 11 is 0. The van der Waals surface area contributed by atoms with E-state index in [9.17, 15) is 0 Å². The maximum absolute atomic E-state index is 6.12. The molecule has 1 rings (SSSR count). The molecule has 5 nitrogen and oxygen atoms in total. The van der Waals surface area contributed by atoms with Crippen LogP contribution < -0.4 is 5.73 Å². The van der Waals surface area contributed by atoms with Crippen molar-refractivity contribution in [2.75, 3.05) is 33.5 Å². The molecule has 1 aromatic heterocycles. The van der Waals surface area contributed by atoms with E-state index in [4.69, 9.17) is 19.9 Å². The number of ether oxygens (including phenoxy) is 3. The number of pyridine rings is 1. The summed E-state index contributed by atoms with van der Waals surface area (Å²) in [7, 11) is 1.66. The Hall–Kier alpha value is -1.01. The lowest BCUT2D eigenvalue weighted by Crippen LogP contribution is -2.30. The minimum atomic E-state index is -0.153. The van der Waals surface area contributed by atoms with E-state index in [-0.39, 0.29) is 12.1 Å². The Balaban J connectivity index is 2.32. The second-order valence-corrected chi connectivity index (χ2v) is 4.58. The van der Waals surface area contributed by atoms with E-state index in [0.29, 0.717) is 26.4 Å². The van der Waals surface area contributed by atoms with Gasteiger partial charge in [-0.25, -0.2) is 0 Å². The Morgan fingerprint density at radius 3 is 2.70 bits per heavy atom. The van der Waals surface area contributed by atoms with Gasteiger partial charge in [-0.1, -0.05) is 13.0 Å². The van der Waals surface area contributed by atoms with Crippen molar-refractivity contribution in [3.63, 3.8) is 0 Å². The van der Waals surface area contributed by atoms with Crippen molar-refractivity contribution in [3.8, 4) is 0 Å². The Bertz CT molecular complexity index is 335. The van der Waals surface area contributed by atoms with Crippen molar-refractivity contribution in [1.82, 2.24) is 4.98 Å². The predicted molar refractivity (Wildman–Crippen MR) is 78.5 cm³/mol. The highest BCUT2D eigenvalue weighted by atomic mass is 16.5. The first kappa shape index (κ1) is 17.0. The van der Waals surface area contributed by atoms with Gasteiger partial charge >= 0.3 is 0 Å². The molecule has 1 heterocycles. The van der Waals surface area contributed by atoms with Crippen LogP contribution in [-0.4, -0.2) is 44.6 Å². The topological polar surface area (TPSA) is 66.6 Å².